The molecule has 0 atom stereocenters. The summed E-state index contributed by atoms with van der Waals surface area (Å²) in [4.78, 5) is 19.2. The zero-order chi connectivity index (χ0) is 20.1. The third-order valence-corrected chi connectivity index (χ3v) is 5.18. The van der Waals surface area contributed by atoms with Gasteiger partial charge >= 0.3 is 0 Å². The Balaban J connectivity index is 1.69. The minimum atomic E-state index is -0.107. The molecule has 7 heteroatoms. The minimum Gasteiger partial charge on any atom is -0.378 e. The van der Waals surface area contributed by atoms with E-state index in [9.17, 15) is 4.79 Å². The number of hydrogen-bond donors (Lipinski definition) is 1. The number of amides is 1. The first-order valence-electron chi connectivity index (χ1n) is 10.1. The summed E-state index contributed by atoms with van der Waals surface area (Å²) in [7, 11) is 0. The van der Waals surface area contributed by atoms with Crippen LogP contribution in [-0.4, -0.2) is 57.9 Å². The number of hydrogen-bond acceptors (Lipinski definition) is 5. The van der Waals surface area contributed by atoms with Gasteiger partial charge in [-0.05, 0) is 50.3 Å². The second kappa shape index (κ2) is 9.30. The lowest BCUT2D eigenvalue weighted by atomic mass is 10.0. The van der Waals surface area contributed by atoms with E-state index >= 15 is 0 Å². The van der Waals surface area contributed by atoms with E-state index in [1.165, 1.54) is 5.56 Å². The van der Waals surface area contributed by atoms with E-state index in [1.54, 1.807) is 4.68 Å². The second-order valence-electron chi connectivity index (χ2n) is 7.61. The Morgan fingerprint density at radius 2 is 2.00 bits per heavy atom. The maximum Gasteiger partial charge on any atom is 0.293 e. The quantitative estimate of drug-likeness (QED) is 0.741. The van der Waals surface area contributed by atoms with Crippen molar-refractivity contribution in [3.8, 4) is 5.69 Å². The molecule has 7 nitrogen and oxygen atoms in total. The van der Waals surface area contributed by atoms with Gasteiger partial charge in [-0.3, -0.25) is 4.79 Å². The maximum absolute atomic E-state index is 12.9. The fourth-order valence-corrected chi connectivity index (χ4v) is 3.58. The van der Waals surface area contributed by atoms with Crippen LogP contribution in [0.3, 0.4) is 0 Å². The molecule has 1 amide bonds. The predicted octanol–water partition coefficient (Wildman–Crippen LogP) is 2.67. The largest absolute Gasteiger partial charge is 0.378 e. The van der Waals surface area contributed by atoms with Crippen molar-refractivity contribution in [1.29, 1.82) is 0 Å². The standard InChI is InChI=1S/C21H31N5O2/c1-15(2)18-7-4-5-8-19(18)26-16(3)23-20(24-26)21(27)25-12-9-17(10-13-25)28-14-6-11-22/h4-5,7-8,15,17H,6,9-14,22H2,1-3H3. The lowest BCUT2D eigenvalue weighted by molar-refractivity contribution is 0.00812. The Hall–Kier alpha value is -2.25. The van der Waals surface area contributed by atoms with Gasteiger partial charge in [0, 0.05) is 19.7 Å². The first-order chi connectivity index (χ1) is 13.5. The van der Waals surface area contributed by atoms with Crippen LogP contribution >= 0.6 is 0 Å². The average molecular weight is 386 g/mol. The molecule has 0 spiro atoms. The zero-order valence-corrected chi connectivity index (χ0v) is 17.1. The molecule has 1 fully saturated rings. The van der Waals surface area contributed by atoms with Crippen molar-refractivity contribution >= 4 is 5.91 Å². The van der Waals surface area contributed by atoms with Crippen molar-refractivity contribution in [1.82, 2.24) is 19.7 Å². The zero-order valence-electron chi connectivity index (χ0n) is 17.1. The smallest absolute Gasteiger partial charge is 0.293 e. The number of rotatable bonds is 7. The van der Waals surface area contributed by atoms with Gasteiger partial charge in [-0.15, -0.1) is 5.10 Å². The van der Waals surface area contributed by atoms with E-state index in [0.717, 1.165) is 30.8 Å². The molecular weight excluding hydrogens is 354 g/mol. The van der Waals surface area contributed by atoms with Gasteiger partial charge in [0.1, 0.15) is 5.82 Å². The molecular formula is C21H31N5O2. The molecule has 1 aromatic heterocycles. The number of benzene rings is 1. The number of carbonyl (C=O) groups is 1. The second-order valence-corrected chi connectivity index (χ2v) is 7.61. The number of likely N-dealkylation sites (tertiary alicyclic amines) is 1. The van der Waals surface area contributed by atoms with Gasteiger partial charge in [0.25, 0.3) is 5.91 Å². The molecule has 2 heterocycles. The molecule has 0 bridgehead atoms. The molecule has 0 unspecified atom stereocenters. The third kappa shape index (κ3) is 4.59. The highest BCUT2D eigenvalue weighted by atomic mass is 16.5. The van der Waals surface area contributed by atoms with Crippen LogP contribution in [-0.2, 0) is 4.74 Å². The predicted molar refractivity (Wildman–Crippen MR) is 109 cm³/mol. The molecule has 0 saturated carbocycles. The minimum absolute atomic E-state index is 0.107. The number of ether oxygens (including phenoxy) is 1. The van der Waals surface area contributed by atoms with Crippen molar-refractivity contribution in [2.45, 2.75) is 52.1 Å². The van der Waals surface area contributed by atoms with Crippen LogP contribution in [0, 0.1) is 6.92 Å². The van der Waals surface area contributed by atoms with Gasteiger partial charge in [-0.25, -0.2) is 9.67 Å². The van der Waals surface area contributed by atoms with Crippen LogP contribution in [0.2, 0.25) is 0 Å². The van der Waals surface area contributed by atoms with Gasteiger partial charge in [-0.2, -0.15) is 0 Å². The summed E-state index contributed by atoms with van der Waals surface area (Å²) in [6, 6.07) is 8.13. The van der Waals surface area contributed by atoms with E-state index in [4.69, 9.17) is 10.5 Å². The molecule has 0 aliphatic carbocycles. The fourth-order valence-electron chi connectivity index (χ4n) is 3.58. The Labute approximate surface area is 166 Å². The number of carbonyl (C=O) groups excluding carboxylic acids is 1. The summed E-state index contributed by atoms with van der Waals surface area (Å²) in [6.45, 7) is 8.86. The van der Waals surface area contributed by atoms with Crippen molar-refractivity contribution in [2.24, 2.45) is 5.73 Å². The highest BCUT2D eigenvalue weighted by molar-refractivity contribution is 5.90. The van der Waals surface area contributed by atoms with E-state index < -0.39 is 0 Å². The normalized spacial score (nSPS) is 15.4. The van der Waals surface area contributed by atoms with Gasteiger partial charge in [0.05, 0.1) is 11.8 Å². The Kier molecular flexibility index (Phi) is 6.80. The van der Waals surface area contributed by atoms with Crippen LogP contribution in [0.4, 0.5) is 0 Å². The number of piperidine rings is 1. The summed E-state index contributed by atoms with van der Waals surface area (Å²) < 4.78 is 7.60. The molecule has 2 aromatic rings. The summed E-state index contributed by atoms with van der Waals surface area (Å²) in [5, 5.41) is 4.55. The molecule has 1 aliphatic heterocycles. The van der Waals surface area contributed by atoms with Crippen LogP contribution in [0.1, 0.15) is 61.0 Å². The van der Waals surface area contributed by atoms with E-state index in [-0.39, 0.29) is 17.8 Å². The summed E-state index contributed by atoms with van der Waals surface area (Å²) in [5.74, 6) is 1.23. The first kappa shape index (κ1) is 20.5. The number of para-hydroxylation sites is 1. The van der Waals surface area contributed by atoms with Crippen LogP contribution in [0.5, 0.6) is 0 Å². The van der Waals surface area contributed by atoms with E-state index in [2.05, 4.69) is 30.0 Å². The van der Waals surface area contributed by atoms with Crippen molar-refractivity contribution in [2.75, 3.05) is 26.2 Å². The molecule has 152 valence electrons. The first-order valence-corrected chi connectivity index (χ1v) is 10.1. The van der Waals surface area contributed by atoms with Gasteiger partial charge < -0.3 is 15.4 Å². The Morgan fingerprint density at radius 3 is 2.68 bits per heavy atom. The summed E-state index contributed by atoms with van der Waals surface area (Å²) >= 11 is 0. The van der Waals surface area contributed by atoms with Gasteiger partial charge in [0.15, 0.2) is 0 Å². The molecule has 1 aliphatic rings. The van der Waals surface area contributed by atoms with Gasteiger partial charge in [-0.1, -0.05) is 32.0 Å². The molecule has 0 radical (unpaired) electrons. The van der Waals surface area contributed by atoms with Crippen molar-refractivity contribution in [3.05, 3.63) is 41.5 Å². The van der Waals surface area contributed by atoms with E-state index in [1.807, 2.05) is 30.0 Å². The lowest BCUT2D eigenvalue weighted by Crippen LogP contribution is -2.41. The van der Waals surface area contributed by atoms with Crippen LogP contribution in [0.15, 0.2) is 24.3 Å². The fraction of sp³-hybridized carbons (Fsp3) is 0.571. The van der Waals surface area contributed by atoms with Crippen LogP contribution in [0.25, 0.3) is 5.69 Å². The Morgan fingerprint density at radius 1 is 1.29 bits per heavy atom. The number of aryl methyl sites for hydroxylation is 1. The topological polar surface area (TPSA) is 86.3 Å². The number of aromatic nitrogens is 3. The summed E-state index contributed by atoms with van der Waals surface area (Å²) in [5.41, 5.74) is 7.67. The SMILES string of the molecule is Cc1nc(C(=O)N2CCC(OCCCN)CC2)nn1-c1ccccc1C(C)C. The molecule has 1 saturated heterocycles. The van der Waals surface area contributed by atoms with Gasteiger partial charge in [0.2, 0.25) is 5.82 Å². The highest BCUT2D eigenvalue weighted by Gasteiger charge is 2.27. The molecule has 1 aromatic carbocycles. The average Bonchev–Trinajstić information content (AvgIpc) is 3.09. The van der Waals surface area contributed by atoms with Crippen molar-refractivity contribution in [3.63, 3.8) is 0 Å². The van der Waals surface area contributed by atoms with Crippen LogP contribution < -0.4 is 5.73 Å². The molecule has 3 rings (SSSR count). The lowest BCUT2D eigenvalue weighted by Gasteiger charge is -2.31. The molecule has 2 N–H and O–H groups in total. The van der Waals surface area contributed by atoms with E-state index in [0.29, 0.717) is 32.2 Å². The van der Waals surface area contributed by atoms with Crippen molar-refractivity contribution < 1.29 is 9.53 Å². The highest BCUT2D eigenvalue weighted by Crippen LogP contribution is 2.23. The summed E-state index contributed by atoms with van der Waals surface area (Å²) in [6.07, 6.45) is 2.76. The monoisotopic (exact) mass is 385 g/mol. The third-order valence-electron chi connectivity index (χ3n) is 5.18. The maximum atomic E-state index is 12.9. The number of nitrogens with two attached hydrogens (primary N) is 1. The molecule has 28 heavy (non-hydrogen) atoms. The number of nitrogens with zero attached hydrogens (tertiary/aromatic N) is 4. The Bertz CT molecular complexity index is 794.